The third-order valence-electron chi connectivity index (χ3n) is 2.48. The minimum Gasteiger partial charge on any atom is -0.363 e. The molecule has 1 aromatic carbocycles. The van der Waals surface area contributed by atoms with Crippen molar-refractivity contribution < 1.29 is 0 Å². The second-order valence-corrected chi connectivity index (χ2v) is 5.23. The molecule has 1 N–H and O–H groups in total. The summed E-state index contributed by atoms with van der Waals surface area (Å²) < 4.78 is 0. The zero-order valence-corrected chi connectivity index (χ0v) is 10.8. The summed E-state index contributed by atoms with van der Waals surface area (Å²) in [7, 11) is 0. The Bertz CT molecular complexity index is 528. The van der Waals surface area contributed by atoms with Gasteiger partial charge in [-0.25, -0.2) is 0 Å². The molecule has 0 saturated carbocycles. The Balaban J connectivity index is 2.27. The highest BCUT2D eigenvalue weighted by atomic mass is 35.5. The van der Waals surface area contributed by atoms with Gasteiger partial charge < -0.3 is 5.32 Å². The van der Waals surface area contributed by atoms with E-state index < -0.39 is 5.54 Å². The zero-order chi connectivity index (χ0) is 12.3. The van der Waals surface area contributed by atoms with Crippen LogP contribution in [0.15, 0.2) is 41.8 Å². The van der Waals surface area contributed by atoms with Crippen LogP contribution in [0.2, 0.25) is 5.02 Å². The summed E-state index contributed by atoms with van der Waals surface area (Å²) in [5.41, 5.74) is 0.175. The molecule has 0 aliphatic carbocycles. The number of rotatable bonds is 3. The van der Waals surface area contributed by atoms with Crippen LogP contribution < -0.4 is 5.32 Å². The lowest BCUT2D eigenvalue weighted by atomic mass is 10.0. The van der Waals surface area contributed by atoms with E-state index in [1.54, 1.807) is 23.5 Å². The molecule has 1 unspecified atom stereocenters. The molecule has 0 radical (unpaired) electrons. The molecule has 0 aliphatic rings. The second kappa shape index (κ2) is 4.79. The fourth-order valence-corrected chi connectivity index (χ4v) is 2.45. The number of hydrogen-bond acceptors (Lipinski definition) is 3. The molecule has 2 nitrogen and oxygen atoms in total. The average Bonchev–Trinajstić information content (AvgIpc) is 2.86. The lowest BCUT2D eigenvalue weighted by molar-refractivity contribution is 0.723. The van der Waals surface area contributed by atoms with Crippen molar-refractivity contribution >= 4 is 28.6 Å². The van der Waals surface area contributed by atoms with Crippen molar-refractivity contribution in [3.8, 4) is 6.07 Å². The molecule has 0 amide bonds. The highest BCUT2D eigenvalue weighted by Gasteiger charge is 2.27. The maximum absolute atomic E-state index is 9.34. The average molecular weight is 263 g/mol. The third-order valence-corrected chi connectivity index (χ3v) is 3.82. The minimum absolute atomic E-state index is 0.685. The summed E-state index contributed by atoms with van der Waals surface area (Å²) >= 11 is 7.39. The van der Waals surface area contributed by atoms with Crippen LogP contribution in [0.5, 0.6) is 0 Å². The lowest BCUT2D eigenvalue weighted by Crippen LogP contribution is -2.28. The normalized spacial score (nSPS) is 13.7. The molecule has 0 bridgehead atoms. The van der Waals surface area contributed by atoms with Gasteiger partial charge in [0.25, 0.3) is 0 Å². The lowest BCUT2D eigenvalue weighted by Gasteiger charge is -2.23. The number of anilines is 1. The molecule has 2 rings (SSSR count). The van der Waals surface area contributed by atoms with Crippen LogP contribution in [0.25, 0.3) is 0 Å². The van der Waals surface area contributed by atoms with Crippen molar-refractivity contribution in [2.45, 2.75) is 12.5 Å². The summed E-state index contributed by atoms with van der Waals surface area (Å²) in [6.07, 6.45) is 0. The molecule has 1 heterocycles. The molecule has 1 atom stereocenters. The zero-order valence-electron chi connectivity index (χ0n) is 9.27. The van der Waals surface area contributed by atoms with E-state index in [9.17, 15) is 5.26 Å². The van der Waals surface area contributed by atoms with Crippen molar-refractivity contribution in [1.29, 1.82) is 5.26 Å². The third kappa shape index (κ3) is 2.60. The van der Waals surface area contributed by atoms with Crippen molar-refractivity contribution in [2.24, 2.45) is 0 Å². The van der Waals surface area contributed by atoms with Gasteiger partial charge in [-0.3, -0.25) is 0 Å². The highest BCUT2D eigenvalue weighted by Crippen LogP contribution is 2.29. The Morgan fingerprint density at radius 2 is 2.00 bits per heavy atom. The van der Waals surface area contributed by atoms with Gasteiger partial charge >= 0.3 is 0 Å². The van der Waals surface area contributed by atoms with E-state index in [4.69, 9.17) is 11.6 Å². The number of halogens is 1. The molecule has 0 spiro atoms. The Labute approximate surface area is 109 Å². The van der Waals surface area contributed by atoms with Crippen LogP contribution >= 0.6 is 22.9 Å². The summed E-state index contributed by atoms with van der Waals surface area (Å²) in [5, 5.41) is 15.2. The first-order valence-electron chi connectivity index (χ1n) is 5.13. The molecule has 2 aromatic rings. The molecular formula is C13H11ClN2S. The molecular weight excluding hydrogens is 252 g/mol. The number of nitrogens with one attached hydrogen (secondary N) is 1. The fraction of sp³-hybridized carbons (Fsp3) is 0.154. The molecule has 86 valence electrons. The van der Waals surface area contributed by atoms with Crippen LogP contribution in [0.3, 0.4) is 0 Å². The first-order chi connectivity index (χ1) is 8.14. The molecule has 4 heteroatoms. The molecule has 0 saturated heterocycles. The largest absolute Gasteiger partial charge is 0.363 e. The Kier molecular flexibility index (Phi) is 3.37. The van der Waals surface area contributed by atoms with E-state index in [0.717, 1.165) is 10.6 Å². The number of thiophene rings is 1. The van der Waals surface area contributed by atoms with Crippen LogP contribution in [0.4, 0.5) is 5.69 Å². The highest BCUT2D eigenvalue weighted by molar-refractivity contribution is 7.10. The van der Waals surface area contributed by atoms with Gasteiger partial charge in [0.15, 0.2) is 5.54 Å². The number of benzene rings is 1. The van der Waals surface area contributed by atoms with E-state index in [2.05, 4.69) is 11.4 Å². The summed E-state index contributed by atoms with van der Waals surface area (Å²) in [6, 6.07) is 13.5. The predicted molar refractivity (Wildman–Crippen MR) is 72.4 cm³/mol. The predicted octanol–water partition coefficient (Wildman–Crippen LogP) is 4.25. The van der Waals surface area contributed by atoms with E-state index in [1.165, 1.54) is 0 Å². The number of nitriles is 1. The quantitative estimate of drug-likeness (QED) is 0.897. The van der Waals surface area contributed by atoms with Gasteiger partial charge in [0.2, 0.25) is 0 Å². The number of hydrogen-bond donors (Lipinski definition) is 1. The van der Waals surface area contributed by atoms with Crippen molar-refractivity contribution in [3.05, 3.63) is 51.7 Å². The standard InChI is InChI=1S/C13H11ClN2S/c1-13(9-15,12-3-2-8-17-12)16-11-6-4-10(14)5-7-11/h2-8,16H,1H3. The van der Waals surface area contributed by atoms with Crippen molar-refractivity contribution in [2.75, 3.05) is 5.32 Å². The summed E-state index contributed by atoms with van der Waals surface area (Å²) in [5.74, 6) is 0. The van der Waals surface area contributed by atoms with E-state index in [1.807, 2.05) is 36.6 Å². The molecule has 17 heavy (non-hydrogen) atoms. The SMILES string of the molecule is CC(C#N)(Nc1ccc(Cl)cc1)c1cccs1. The van der Waals surface area contributed by atoms with Gasteiger partial charge in [0.1, 0.15) is 0 Å². The van der Waals surface area contributed by atoms with Gasteiger partial charge in [-0.15, -0.1) is 11.3 Å². The monoisotopic (exact) mass is 262 g/mol. The maximum Gasteiger partial charge on any atom is 0.157 e. The molecule has 0 fully saturated rings. The van der Waals surface area contributed by atoms with Crippen LogP contribution in [0, 0.1) is 11.3 Å². The van der Waals surface area contributed by atoms with Crippen molar-refractivity contribution in [1.82, 2.24) is 0 Å². The van der Waals surface area contributed by atoms with Gasteiger partial charge in [0.05, 0.1) is 6.07 Å². The van der Waals surface area contributed by atoms with Gasteiger partial charge in [-0.1, -0.05) is 17.7 Å². The summed E-state index contributed by atoms with van der Waals surface area (Å²) in [6.45, 7) is 1.87. The van der Waals surface area contributed by atoms with E-state index in [-0.39, 0.29) is 0 Å². The molecule has 0 aliphatic heterocycles. The van der Waals surface area contributed by atoms with Crippen LogP contribution in [0.1, 0.15) is 11.8 Å². The van der Waals surface area contributed by atoms with Gasteiger partial charge in [-0.2, -0.15) is 5.26 Å². The first kappa shape index (κ1) is 12.0. The topological polar surface area (TPSA) is 35.8 Å². The molecule has 1 aromatic heterocycles. The van der Waals surface area contributed by atoms with E-state index >= 15 is 0 Å². The Morgan fingerprint density at radius 3 is 2.53 bits per heavy atom. The van der Waals surface area contributed by atoms with Crippen LogP contribution in [-0.4, -0.2) is 0 Å². The minimum atomic E-state index is -0.706. The fourth-order valence-electron chi connectivity index (χ4n) is 1.53. The Hall–Kier alpha value is -1.50. The smallest absolute Gasteiger partial charge is 0.157 e. The second-order valence-electron chi connectivity index (χ2n) is 3.85. The number of nitrogens with zero attached hydrogens (tertiary/aromatic N) is 1. The maximum atomic E-state index is 9.34. The van der Waals surface area contributed by atoms with Crippen LogP contribution in [-0.2, 0) is 5.54 Å². The Morgan fingerprint density at radius 1 is 1.29 bits per heavy atom. The summed E-state index contributed by atoms with van der Waals surface area (Å²) in [4.78, 5) is 0.995. The van der Waals surface area contributed by atoms with Crippen molar-refractivity contribution in [3.63, 3.8) is 0 Å². The first-order valence-corrected chi connectivity index (χ1v) is 6.39. The van der Waals surface area contributed by atoms with E-state index in [0.29, 0.717) is 5.02 Å². The van der Waals surface area contributed by atoms with Gasteiger partial charge in [-0.05, 0) is 42.6 Å². The van der Waals surface area contributed by atoms with Gasteiger partial charge in [0, 0.05) is 15.6 Å².